The van der Waals surface area contributed by atoms with E-state index < -0.39 is 29.6 Å². The summed E-state index contributed by atoms with van der Waals surface area (Å²) in [5.74, 6) is -0.704. The largest absolute Gasteiger partial charge is 0.493 e. The standard InChI is InChI=1S/C28H28F4O4/c1-3-19-16-22(11-8-20(19)9-13-27(33)34)35-15-14-18(2)36-26-12-10-21(28(30,31)32)17-24(26)23-6-4-5-7-25(23)29/h4-8,10-12,16-18H,3,9,13-15H2,1-2H3,(H,33,34)/t18-/m0/s1. The second kappa shape index (κ2) is 11.9. The third-order valence-corrected chi connectivity index (χ3v) is 5.76. The molecule has 3 aromatic carbocycles. The van der Waals surface area contributed by atoms with Crippen LogP contribution in [0.15, 0.2) is 60.7 Å². The van der Waals surface area contributed by atoms with E-state index in [1.165, 1.54) is 24.3 Å². The van der Waals surface area contributed by atoms with E-state index in [9.17, 15) is 22.4 Å². The number of halogens is 4. The summed E-state index contributed by atoms with van der Waals surface area (Å²) in [4.78, 5) is 10.8. The molecule has 0 saturated heterocycles. The van der Waals surface area contributed by atoms with Gasteiger partial charge in [0.05, 0.1) is 18.3 Å². The van der Waals surface area contributed by atoms with Gasteiger partial charge in [-0.2, -0.15) is 13.2 Å². The average Bonchev–Trinajstić information content (AvgIpc) is 2.83. The number of alkyl halides is 3. The number of carboxylic acid groups (broad SMARTS) is 1. The SMILES string of the molecule is CCc1cc(OCC[C@H](C)Oc2ccc(C(F)(F)F)cc2-c2ccccc2F)ccc1CCC(=O)O. The predicted octanol–water partition coefficient (Wildman–Crippen LogP) is 7.33. The summed E-state index contributed by atoms with van der Waals surface area (Å²) in [5, 5.41) is 8.91. The lowest BCUT2D eigenvalue weighted by Gasteiger charge is -2.20. The Bertz CT molecular complexity index is 1190. The lowest BCUT2D eigenvalue weighted by molar-refractivity contribution is -0.138. The van der Waals surface area contributed by atoms with E-state index in [-0.39, 0.29) is 29.9 Å². The molecule has 0 saturated carbocycles. The minimum Gasteiger partial charge on any atom is -0.493 e. The Kier molecular flexibility index (Phi) is 8.96. The van der Waals surface area contributed by atoms with Crippen LogP contribution in [-0.4, -0.2) is 23.8 Å². The van der Waals surface area contributed by atoms with Crippen LogP contribution in [0.2, 0.25) is 0 Å². The quantitative estimate of drug-likeness (QED) is 0.278. The Hall–Kier alpha value is -3.55. The van der Waals surface area contributed by atoms with Gasteiger partial charge in [-0.05, 0) is 67.3 Å². The fourth-order valence-electron chi connectivity index (χ4n) is 3.82. The molecule has 0 fully saturated rings. The van der Waals surface area contributed by atoms with Gasteiger partial charge in [0.15, 0.2) is 0 Å². The molecule has 1 N–H and O–H groups in total. The number of hydrogen-bond acceptors (Lipinski definition) is 3. The summed E-state index contributed by atoms with van der Waals surface area (Å²) >= 11 is 0. The average molecular weight is 505 g/mol. The lowest BCUT2D eigenvalue weighted by atomic mass is 10.0. The Balaban J connectivity index is 1.68. The molecule has 0 bridgehead atoms. The highest BCUT2D eigenvalue weighted by Crippen LogP contribution is 2.38. The maximum atomic E-state index is 14.4. The van der Waals surface area contributed by atoms with Gasteiger partial charge in [0.1, 0.15) is 17.3 Å². The molecule has 0 aliphatic rings. The van der Waals surface area contributed by atoms with E-state index in [1.807, 2.05) is 19.1 Å². The smallest absolute Gasteiger partial charge is 0.416 e. The van der Waals surface area contributed by atoms with Crippen molar-refractivity contribution in [3.05, 3.63) is 83.2 Å². The summed E-state index contributed by atoms with van der Waals surface area (Å²) in [5.41, 5.74) is 1.14. The van der Waals surface area contributed by atoms with Gasteiger partial charge in [-0.25, -0.2) is 4.39 Å². The van der Waals surface area contributed by atoms with E-state index in [0.29, 0.717) is 18.6 Å². The molecular formula is C28H28F4O4. The number of aryl methyl sites for hydroxylation is 2. The molecule has 36 heavy (non-hydrogen) atoms. The van der Waals surface area contributed by atoms with Crippen molar-refractivity contribution in [1.82, 2.24) is 0 Å². The Morgan fingerprint density at radius 2 is 1.75 bits per heavy atom. The van der Waals surface area contributed by atoms with Crippen molar-refractivity contribution in [2.24, 2.45) is 0 Å². The van der Waals surface area contributed by atoms with Crippen molar-refractivity contribution in [2.45, 2.75) is 51.8 Å². The molecule has 0 aliphatic heterocycles. The van der Waals surface area contributed by atoms with Gasteiger partial charge in [0.25, 0.3) is 0 Å². The maximum Gasteiger partial charge on any atom is 0.416 e. The highest BCUT2D eigenvalue weighted by atomic mass is 19.4. The van der Waals surface area contributed by atoms with Crippen LogP contribution in [0, 0.1) is 5.82 Å². The normalized spacial score (nSPS) is 12.3. The zero-order chi connectivity index (χ0) is 26.3. The highest BCUT2D eigenvalue weighted by Gasteiger charge is 2.31. The van der Waals surface area contributed by atoms with Gasteiger partial charge in [0.2, 0.25) is 0 Å². The summed E-state index contributed by atoms with van der Waals surface area (Å²) < 4.78 is 66.0. The molecule has 0 aromatic heterocycles. The van der Waals surface area contributed by atoms with E-state index in [0.717, 1.165) is 29.7 Å². The van der Waals surface area contributed by atoms with Crippen LogP contribution in [0.1, 0.15) is 43.4 Å². The van der Waals surface area contributed by atoms with Crippen LogP contribution < -0.4 is 9.47 Å². The first-order chi connectivity index (χ1) is 17.1. The zero-order valence-electron chi connectivity index (χ0n) is 20.1. The van der Waals surface area contributed by atoms with Crippen LogP contribution in [0.25, 0.3) is 11.1 Å². The zero-order valence-corrected chi connectivity index (χ0v) is 20.1. The molecule has 4 nitrogen and oxygen atoms in total. The van der Waals surface area contributed by atoms with Gasteiger partial charge >= 0.3 is 12.1 Å². The molecule has 0 aliphatic carbocycles. The van der Waals surface area contributed by atoms with E-state index in [1.54, 1.807) is 19.1 Å². The monoisotopic (exact) mass is 504 g/mol. The number of carboxylic acids is 1. The molecule has 0 unspecified atom stereocenters. The van der Waals surface area contributed by atoms with Crippen LogP contribution in [0.5, 0.6) is 11.5 Å². The van der Waals surface area contributed by atoms with E-state index in [4.69, 9.17) is 14.6 Å². The second-order valence-corrected chi connectivity index (χ2v) is 8.43. The molecule has 0 radical (unpaired) electrons. The molecule has 0 spiro atoms. The Labute approximate surface area is 207 Å². The molecular weight excluding hydrogens is 476 g/mol. The molecule has 8 heteroatoms. The van der Waals surface area contributed by atoms with Crippen molar-refractivity contribution < 1.29 is 36.9 Å². The van der Waals surface area contributed by atoms with Gasteiger partial charge in [-0.3, -0.25) is 4.79 Å². The number of carbonyl (C=O) groups is 1. The third kappa shape index (κ3) is 7.23. The first-order valence-electron chi connectivity index (χ1n) is 11.7. The Morgan fingerprint density at radius 1 is 1.00 bits per heavy atom. The minimum absolute atomic E-state index is 0.0251. The van der Waals surface area contributed by atoms with Gasteiger partial charge in [-0.15, -0.1) is 0 Å². The Morgan fingerprint density at radius 3 is 2.42 bits per heavy atom. The lowest BCUT2D eigenvalue weighted by Crippen LogP contribution is -2.17. The van der Waals surface area contributed by atoms with Gasteiger partial charge in [0, 0.05) is 24.0 Å². The number of aliphatic carboxylic acids is 1. The molecule has 3 aromatic rings. The number of rotatable bonds is 11. The topological polar surface area (TPSA) is 55.8 Å². The highest BCUT2D eigenvalue weighted by molar-refractivity contribution is 5.72. The van der Waals surface area contributed by atoms with Crippen molar-refractivity contribution in [3.63, 3.8) is 0 Å². The van der Waals surface area contributed by atoms with Crippen molar-refractivity contribution >= 4 is 5.97 Å². The molecule has 192 valence electrons. The van der Waals surface area contributed by atoms with Crippen LogP contribution in [0.3, 0.4) is 0 Å². The van der Waals surface area contributed by atoms with Gasteiger partial charge < -0.3 is 14.6 Å². The van der Waals surface area contributed by atoms with Crippen molar-refractivity contribution in [2.75, 3.05) is 6.61 Å². The number of benzene rings is 3. The number of hydrogen-bond donors (Lipinski definition) is 1. The van der Waals surface area contributed by atoms with Crippen LogP contribution >= 0.6 is 0 Å². The molecule has 0 heterocycles. The van der Waals surface area contributed by atoms with Crippen LogP contribution in [-0.2, 0) is 23.8 Å². The maximum absolute atomic E-state index is 14.4. The summed E-state index contributed by atoms with van der Waals surface area (Å²) in [6.45, 7) is 4.03. The number of ether oxygens (including phenoxy) is 2. The van der Waals surface area contributed by atoms with E-state index in [2.05, 4.69) is 0 Å². The molecule has 1 atom stereocenters. The van der Waals surface area contributed by atoms with Crippen molar-refractivity contribution in [1.29, 1.82) is 0 Å². The minimum atomic E-state index is -4.57. The summed E-state index contributed by atoms with van der Waals surface area (Å²) in [6.07, 6.45) is -3.33. The second-order valence-electron chi connectivity index (χ2n) is 8.43. The fourth-order valence-corrected chi connectivity index (χ4v) is 3.82. The predicted molar refractivity (Wildman–Crippen MR) is 129 cm³/mol. The van der Waals surface area contributed by atoms with E-state index >= 15 is 0 Å². The summed E-state index contributed by atoms with van der Waals surface area (Å²) in [6, 6.07) is 14.2. The summed E-state index contributed by atoms with van der Waals surface area (Å²) in [7, 11) is 0. The first-order valence-corrected chi connectivity index (χ1v) is 11.7. The fraction of sp³-hybridized carbons (Fsp3) is 0.321. The van der Waals surface area contributed by atoms with Gasteiger partial charge in [-0.1, -0.05) is 31.2 Å². The molecule has 3 rings (SSSR count). The first kappa shape index (κ1) is 27.0. The van der Waals surface area contributed by atoms with Crippen molar-refractivity contribution in [3.8, 4) is 22.6 Å². The van der Waals surface area contributed by atoms with Crippen LogP contribution in [0.4, 0.5) is 17.6 Å². The third-order valence-electron chi connectivity index (χ3n) is 5.76. The molecule has 0 amide bonds.